The maximum Gasteiger partial charge on any atom is 0.262 e. The summed E-state index contributed by atoms with van der Waals surface area (Å²) >= 11 is 0. The predicted molar refractivity (Wildman–Crippen MR) is 131 cm³/mol. The Hall–Kier alpha value is -2.90. The second-order valence-electron chi connectivity index (χ2n) is 9.91. The lowest BCUT2D eigenvalue weighted by molar-refractivity contribution is 0.0680. The number of nitrogens with zero attached hydrogens (tertiary/aromatic N) is 2. The number of pyridine rings is 1. The van der Waals surface area contributed by atoms with E-state index in [1.165, 1.54) is 10.6 Å². The number of nitrogens with one attached hydrogen (secondary N) is 1. The van der Waals surface area contributed by atoms with Gasteiger partial charge in [-0.25, -0.2) is 4.39 Å². The van der Waals surface area contributed by atoms with Gasteiger partial charge in [-0.15, -0.1) is 0 Å². The van der Waals surface area contributed by atoms with Gasteiger partial charge in [0.2, 0.25) is 0 Å². The van der Waals surface area contributed by atoms with Crippen molar-refractivity contribution in [1.29, 1.82) is 0 Å². The molecule has 178 valence electrons. The first kappa shape index (κ1) is 21.6. The molecular formula is C27H30FN3O3. The molecule has 3 saturated heterocycles. The van der Waals surface area contributed by atoms with Gasteiger partial charge in [0, 0.05) is 50.4 Å². The third-order valence-corrected chi connectivity index (χ3v) is 7.71. The van der Waals surface area contributed by atoms with Crippen LogP contribution in [0.15, 0.2) is 53.5 Å². The third kappa shape index (κ3) is 3.97. The monoisotopic (exact) mass is 463 g/mol. The van der Waals surface area contributed by atoms with Crippen molar-refractivity contribution in [3.63, 3.8) is 0 Å². The smallest absolute Gasteiger partial charge is 0.262 e. The fourth-order valence-corrected chi connectivity index (χ4v) is 5.44. The van der Waals surface area contributed by atoms with Crippen molar-refractivity contribution in [1.82, 2.24) is 9.88 Å². The van der Waals surface area contributed by atoms with Gasteiger partial charge >= 0.3 is 0 Å². The predicted octanol–water partition coefficient (Wildman–Crippen LogP) is 3.88. The zero-order valence-electron chi connectivity index (χ0n) is 19.3. The Morgan fingerprint density at radius 1 is 1.12 bits per heavy atom. The Bertz CT molecular complexity index is 1250. The van der Waals surface area contributed by atoms with Crippen LogP contribution in [0.2, 0.25) is 0 Å². The van der Waals surface area contributed by atoms with E-state index in [4.69, 9.17) is 9.47 Å². The molecule has 3 aliphatic heterocycles. The molecule has 0 radical (unpaired) electrons. The number of aromatic nitrogens is 1. The average molecular weight is 464 g/mol. The van der Waals surface area contributed by atoms with Crippen LogP contribution >= 0.6 is 0 Å². The molecule has 4 heterocycles. The molecule has 1 N–H and O–H groups in total. The van der Waals surface area contributed by atoms with E-state index in [0.717, 1.165) is 69.6 Å². The van der Waals surface area contributed by atoms with Gasteiger partial charge in [0.15, 0.2) is 0 Å². The molecule has 6 rings (SSSR count). The van der Waals surface area contributed by atoms with Gasteiger partial charge in [-0.3, -0.25) is 9.36 Å². The summed E-state index contributed by atoms with van der Waals surface area (Å²) in [4.78, 5) is 15.3. The number of ether oxygens (including phenoxy) is 2. The highest BCUT2D eigenvalue weighted by Gasteiger charge is 2.39. The summed E-state index contributed by atoms with van der Waals surface area (Å²) in [5.74, 6) is 0.432. The molecule has 0 saturated carbocycles. The SMILES string of the molecule is O=c1c2ccc(OC[C@H]3CCCO3)cc2ccn1-c1ccc(N2CCC3(CC2)CNC3)c(F)c1. The fraction of sp³-hybridized carbons (Fsp3) is 0.444. The zero-order chi connectivity index (χ0) is 23.1. The van der Waals surface area contributed by atoms with Crippen molar-refractivity contribution in [3.8, 4) is 11.4 Å². The minimum atomic E-state index is -0.287. The molecule has 2 aromatic carbocycles. The normalized spacial score (nSPS) is 21.7. The second kappa shape index (κ2) is 8.71. The van der Waals surface area contributed by atoms with Crippen molar-refractivity contribution in [2.24, 2.45) is 5.41 Å². The lowest BCUT2D eigenvalue weighted by atomic mass is 9.73. The van der Waals surface area contributed by atoms with E-state index in [-0.39, 0.29) is 17.5 Å². The van der Waals surface area contributed by atoms with Gasteiger partial charge in [-0.05, 0) is 72.9 Å². The first-order chi connectivity index (χ1) is 16.6. The molecule has 0 bridgehead atoms. The summed E-state index contributed by atoms with van der Waals surface area (Å²) in [5.41, 5.74) is 1.39. The fourth-order valence-electron chi connectivity index (χ4n) is 5.44. The minimum absolute atomic E-state index is 0.142. The van der Waals surface area contributed by atoms with Crippen molar-refractivity contribution in [2.45, 2.75) is 31.8 Å². The van der Waals surface area contributed by atoms with Crippen LogP contribution in [0.1, 0.15) is 25.7 Å². The number of hydrogen-bond donors (Lipinski definition) is 1. The molecular weight excluding hydrogens is 433 g/mol. The van der Waals surface area contributed by atoms with E-state index in [9.17, 15) is 4.79 Å². The summed E-state index contributed by atoms with van der Waals surface area (Å²) < 4.78 is 28.1. The molecule has 3 aromatic rings. The molecule has 6 nitrogen and oxygen atoms in total. The number of halogens is 1. The molecule has 1 atom stereocenters. The van der Waals surface area contributed by atoms with E-state index in [1.807, 2.05) is 24.3 Å². The van der Waals surface area contributed by atoms with Gasteiger partial charge in [0.1, 0.15) is 18.2 Å². The minimum Gasteiger partial charge on any atom is -0.491 e. The molecule has 0 unspecified atom stereocenters. The molecule has 0 aliphatic carbocycles. The number of benzene rings is 2. The molecule has 7 heteroatoms. The first-order valence-corrected chi connectivity index (χ1v) is 12.3. The van der Waals surface area contributed by atoms with Gasteiger partial charge in [0.05, 0.1) is 17.5 Å². The summed E-state index contributed by atoms with van der Waals surface area (Å²) in [7, 11) is 0. The lowest BCUT2D eigenvalue weighted by Gasteiger charge is -2.49. The zero-order valence-corrected chi connectivity index (χ0v) is 19.3. The average Bonchev–Trinajstić information content (AvgIpc) is 3.36. The van der Waals surface area contributed by atoms with Crippen LogP contribution in [0, 0.1) is 11.2 Å². The van der Waals surface area contributed by atoms with Gasteiger partial charge in [-0.2, -0.15) is 0 Å². The quantitative estimate of drug-likeness (QED) is 0.623. The van der Waals surface area contributed by atoms with E-state index in [0.29, 0.717) is 28.8 Å². The van der Waals surface area contributed by atoms with Crippen LogP contribution in [0.25, 0.3) is 16.5 Å². The number of fused-ring (bicyclic) bond motifs is 1. The van der Waals surface area contributed by atoms with Crippen LogP contribution in [0.5, 0.6) is 5.75 Å². The second-order valence-corrected chi connectivity index (χ2v) is 9.91. The number of rotatable bonds is 5. The Morgan fingerprint density at radius 3 is 2.68 bits per heavy atom. The number of anilines is 1. The largest absolute Gasteiger partial charge is 0.491 e. The third-order valence-electron chi connectivity index (χ3n) is 7.71. The van der Waals surface area contributed by atoms with Gasteiger partial charge in [0.25, 0.3) is 5.56 Å². The van der Waals surface area contributed by atoms with E-state index >= 15 is 4.39 Å². The van der Waals surface area contributed by atoms with Gasteiger partial charge < -0.3 is 19.7 Å². The molecule has 1 aromatic heterocycles. The van der Waals surface area contributed by atoms with Crippen molar-refractivity contribution in [3.05, 3.63) is 64.8 Å². The maximum atomic E-state index is 15.1. The molecule has 3 aliphatic rings. The molecule has 0 amide bonds. The molecule has 3 fully saturated rings. The number of hydrogen-bond acceptors (Lipinski definition) is 5. The van der Waals surface area contributed by atoms with Crippen LogP contribution in [0.3, 0.4) is 0 Å². The lowest BCUT2D eigenvalue weighted by Crippen LogP contribution is -2.58. The maximum absolute atomic E-state index is 15.1. The van der Waals surface area contributed by atoms with E-state index < -0.39 is 0 Å². The van der Waals surface area contributed by atoms with Crippen molar-refractivity contribution in [2.75, 3.05) is 44.3 Å². The first-order valence-electron chi connectivity index (χ1n) is 12.3. The Kier molecular flexibility index (Phi) is 5.54. The van der Waals surface area contributed by atoms with E-state index in [2.05, 4.69) is 10.2 Å². The highest BCUT2D eigenvalue weighted by Crippen LogP contribution is 2.37. The molecule has 34 heavy (non-hydrogen) atoms. The topological polar surface area (TPSA) is 55.7 Å². The highest BCUT2D eigenvalue weighted by atomic mass is 19.1. The summed E-state index contributed by atoms with van der Waals surface area (Å²) in [5, 5.41) is 4.74. The van der Waals surface area contributed by atoms with E-state index in [1.54, 1.807) is 18.3 Å². The summed E-state index contributed by atoms with van der Waals surface area (Å²) in [6.45, 7) is 5.20. The molecule has 1 spiro atoms. The Morgan fingerprint density at radius 2 is 1.97 bits per heavy atom. The van der Waals surface area contributed by atoms with Crippen LogP contribution in [-0.4, -0.2) is 50.1 Å². The van der Waals surface area contributed by atoms with Crippen LogP contribution in [-0.2, 0) is 4.74 Å². The Labute approximate surface area is 198 Å². The van der Waals surface area contributed by atoms with Gasteiger partial charge in [-0.1, -0.05) is 0 Å². The van der Waals surface area contributed by atoms with Crippen molar-refractivity contribution >= 4 is 16.5 Å². The Balaban J connectivity index is 1.21. The standard InChI is InChI=1S/C27H30FN3O3/c28-24-15-20(3-6-25(24)30-11-8-27(9-12-30)17-29-18-27)31-10-7-19-14-21(4-5-23(19)26(31)32)34-16-22-2-1-13-33-22/h3-7,10,14-15,22,29H,1-2,8-9,11-13,16-18H2/t22-/m1/s1. The van der Waals surface area contributed by atoms with Crippen molar-refractivity contribution < 1.29 is 13.9 Å². The van der Waals surface area contributed by atoms with Crippen LogP contribution < -0.4 is 20.5 Å². The van der Waals surface area contributed by atoms with Crippen LogP contribution in [0.4, 0.5) is 10.1 Å². The summed E-state index contributed by atoms with van der Waals surface area (Å²) in [6.07, 6.45) is 6.11. The summed E-state index contributed by atoms with van der Waals surface area (Å²) in [6, 6.07) is 12.5. The highest BCUT2D eigenvalue weighted by molar-refractivity contribution is 5.83. The number of piperidine rings is 1.